The molecule has 19 heavy (non-hydrogen) atoms. The van der Waals surface area contributed by atoms with Crippen LogP contribution >= 0.6 is 0 Å². The molecule has 0 aromatic heterocycles. The van der Waals surface area contributed by atoms with Gasteiger partial charge in [0.1, 0.15) is 5.69 Å². The first-order valence-corrected chi connectivity index (χ1v) is 6.41. The monoisotopic (exact) mass is 268 g/mol. The molecule has 1 aromatic rings. The van der Waals surface area contributed by atoms with Gasteiger partial charge in [0.05, 0.1) is 18.1 Å². The number of hydrogen-bond donors (Lipinski definition) is 1. The number of rotatable bonds is 8. The molecule has 6 heteroatoms. The Kier molecular flexibility index (Phi) is 6.08. The number of hydrogen-bond acceptors (Lipinski definition) is 5. The van der Waals surface area contributed by atoms with Crippen molar-refractivity contribution in [3.05, 3.63) is 28.3 Å². The van der Waals surface area contributed by atoms with Gasteiger partial charge in [-0.25, -0.2) is 0 Å². The minimum Gasteiger partial charge on any atom is -0.487 e. The second-order valence-corrected chi connectivity index (χ2v) is 4.02. The van der Waals surface area contributed by atoms with Gasteiger partial charge in [-0.15, -0.1) is 0 Å². The van der Waals surface area contributed by atoms with Crippen LogP contribution in [0.5, 0.6) is 5.75 Å². The van der Waals surface area contributed by atoms with E-state index in [-0.39, 0.29) is 18.0 Å². The van der Waals surface area contributed by atoms with E-state index in [1.54, 1.807) is 30.0 Å². The Balaban J connectivity index is 3.23. The third-order valence-electron chi connectivity index (χ3n) is 2.66. The van der Waals surface area contributed by atoms with Gasteiger partial charge in [-0.05, 0) is 25.5 Å². The number of nitro groups is 1. The van der Waals surface area contributed by atoms with Gasteiger partial charge in [0.25, 0.3) is 0 Å². The molecule has 0 atom stereocenters. The van der Waals surface area contributed by atoms with Crippen LogP contribution in [0, 0.1) is 10.1 Å². The summed E-state index contributed by atoms with van der Waals surface area (Å²) in [6, 6.07) is 5.01. The van der Waals surface area contributed by atoms with Gasteiger partial charge >= 0.3 is 5.69 Å². The highest BCUT2D eigenvalue weighted by Crippen LogP contribution is 2.37. The summed E-state index contributed by atoms with van der Waals surface area (Å²) in [6.07, 6.45) is 0.843. The lowest BCUT2D eigenvalue weighted by atomic mass is 10.2. The molecular weight excluding hydrogens is 248 g/mol. The van der Waals surface area contributed by atoms with Gasteiger partial charge < -0.3 is 14.7 Å². The molecular formula is C13H20N2O4. The first-order chi connectivity index (χ1) is 9.15. The molecule has 0 spiro atoms. The fourth-order valence-corrected chi connectivity index (χ4v) is 1.96. The SMILES string of the molecule is CCCN(CCO)c1cccc(OCC)c1[N+](=O)[O-]. The average Bonchev–Trinajstić information content (AvgIpc) is 2.38. The number of aliphatic hydroxyl groups is 1. The lowest BCUT2D eigenvalue weighted by Gasteiger charge is -2.23. The van der Waals surface area contributed by atoms with E-state index in [1.807, 2.05) is 6.92 Å². The van der Waals surface area contributed by atoms with Crippen LogP contribution in [0.2, 0.25) is 0 Å². The van der Waals surface area contributed by atoms with Crippen molar-refractivity contribution < 1.29 is 14.8 Å². The van der Waals surface area contributed by atoms with Crippen LogP contribution in [0.15, 0.2) is 18.2 Å². The number of para-hydroxylation sites is 1. The van der Waals surface area contributed by atoms with Crippen LogP contribution in [-0.4, -0.2) is 36.3 Å². The minimum atomic E-state index is -0.430. The Hall–Kier alpha value is -1.82. The predicted octanol–water partition coefficient (Wildman–Crippen LogP) is 2.20. The topological polar surface area (TPSA) is 75.8 Å². The Morgan fingerprint density at radius 2 is 2.11 bits per heavy atom. The molecule has 0 bridgehead atoms. The summed E-state index contributed by atoms with van der Waals surface area (Å²) in [5.74, 6) is 0.268. The van der Waals surface area contributed by atoms with Crippen molar-refractivity contribution in [2.24, 2.45) is 0 Å². The highest BCUT2D eigenvalue weighted by atomic mass is 16.6. The summed E-state index contributed by atoms with van der Waals surface area (Å²) in [6.45, 7) is 5.12. The second-order valence-electron chi connectivity index (χ2n) is 4.02. The normalized spacial score (nSPS) is 10.3. The highest BCUT2D eigenvalue weighted by Gasteiger charge is 2.24. The third-order valence-corrected chi connectivity index (χ3v) is 2.66. The number of nitrogens with zero attached hydrogens (tertiary/aromatic N) is 2. The van der Waals surface area contributed by atoms with Crippen LogP contribution in [0.4, 0.5) is 11.4 Å². The van der Waals surface area contributed by atoms with Crippen molar-refractivity contribution in [3.63, 3.8) is 0 Å². The Morgan fingerprint density at radius 1 is 1.37 bits per heavy atom. The number of ether oxygens (including phenoxy) is 1. The molecule has 0 saturated heterocycles. The molecule has 0 aliphatic rings. The number of anilines is 1. The van der Waals surface area contributed by atoms with E-state index in [9.17, 15) is 10.1 Å². The Labute approximate surface area is 112 Å². The highest BCUT2D eigenvalue weighted by molar-refractivity contribution is 5.69. The molecule has 0 fully saturated rings. The lowest BCUT2D eigenvalue weighted by molar-refractivity contribution is -0.385. The van der Waals surface area contributed by atoms with Crippen molar-refractivity contribution in [2.75, 3.05) is 31.2 Å². The van der Waals surface area contributed by atoms with E-state index in [2.05, 4.69) is 0 Å². The first-order valence-electron chi connectivity index (χ1n) is 6.41. The molecule has 0 radical (unpaired) electrons. The predicted molar refractivity (Wildman–Crippen MR) is 73.9 cm³/mol. The van der Waals surface area contributed by atoms with Crippen LogP contribution in [0.1, 0.15) is 20.3 Å². The molecule has 1 aromatic carbocycles. The van der Waals surface area contributed by atoms with Crippen LogP contribution in [0.25, 0.3) is 0 Å². The van der Waals surface area contributed by atoms with Gasteiger partial charge in [0.2, 0.25) is 0 Å². The summed E-state index contributed by atoms with van der Waals surface area (Å²) in [7, 11) is 0. The molecule has 0 saturated carbocycles. The van der Waals surface area contributed by atoms with E-state index in [1.165, 1.54) is 0 Å². The van der Waals surface area contributed by atoms with Gasteiger partial charge in [-0.3, -0.25) is 10.1 Å². The van der Waals surface area contributed by atoms with Crippen molar-refractivity contribution in [2.45, 2.75) is 20.3 Å². The lowest BCUT2D eigenvalue weighted by Crippen LogP contribution is -2.28. The molecule has 0 aliphatic heterocycles. The summed E-state index contributed by atoms with van der Waals surface area (Å²) < 4.78 is 5.31. The average molecular weight is 268 g/mol. The fraction of sp³-hybridized carbons (Fsp3) is 0.538. The Morgan fingerprint density at radius 3 is 2.63 bits per heavy atom. The zero-order valence-electron chi connectivity index (χ0n) is 11.3. The van der Waals surface area contributed by atoms with Crippen LogP contribution < -0.4 is 9.64 Å². The minimum absolute atomic E-state index is 0.0359. The standard InChI is InChI=1S/C13H20N2O4/c1-3-8-14(9-10-16)11-6-5-7-12(19-4-2)13(11)15(17)18/h5-7,16H,3-4,8-10H2,1-2H3. The summed E-state index contributed by atoms with van der Waals surface area (Å²) in [4.78, 5) is 12.6. The van der Waals surface area contributed by atoms with Crippen LogP contribution in [-0.2, 0) is 0 Å². The fourth-order valence-electron chi connectivity index (χ4n) is 1.96. The first kappa shape index (κ1) is 15.2. The van der Waals surface area contributed by atoms with Gasteiger partial charge in [-0.2, -0.15) is 0 Å². The van der Waals surface area contributed by atoms with Crippen molar-refractivity contribution in [1.29, 1.82) is 0 Å². The van der Waals surface area contributed by atoms with E-state index < -0.39 is 4.92 Å². The summed E-state index contributed by atoms with van der Waals surface area (Å²) in [5, 5.41) is 20.4. The molecule has 0 unspecified atom stereocenters. The molecule has 0 aliphatic carbocycles. The Bertz CT molecular complexity index is 417. The maximum atomic E-state index is 11.3. The van der Waals surface area contributed by atoms with Crippen molar-refractivity contribution >= 4 is 11.4 Å². The van der Waals surface area contributed by atoms with Crippen molar-refractivity contribution in [1.82, 2.24) is 0 Å². The number of aliphatic hydroxyl groups excluding tert-OH is 1. The quantitative estimate of drug-likeness (QED) is 0.578. The maximum Gasteiger partial charge on any atom is 0.333 e. The molecule has 106 valence electrons. The van der Waals surface area contributed by atoms with E-state index in [4.69, 9.17) is 9.84 Å². The summed E-state index contributed by atoms with van der Waals surface area (Å²) >= 11 is 0. The molecule has 0 amide bonds. The third kappa shape index (κ3) is 3.82. The smallest absolute Gasteiger partial charge is 0.333 e. The second kappa shape index (κ2) is 7.58. The van der Waals surface area contributed by atoms with Crippen molar-refractivity contribution in [3.8, 4) is 5.75 Å². The largest absolute Gasteiger partial charge is 0.487 e. The van der Waals surface area contributed by atoms with E-state index >= 15 is 0 Å². The van der Waals surface area contributed by atoms with E-state index in [0.29, 0.717) is 25.4 Å². The molecule has 1 rings (SSSR count). The van der Waals surface area contributed by atoms with Gasteiger partial charge in [0, 0.05) is 13.1 Å². The van der Waals surface area contributed by atoms with Crippen LogP contribution in [0.3, 0.4) is 0 Å². The zero-order valence-corrected chi connectivity index (χ0v) is 11.3. The molecule has 0 heterocycles. The van der Waals surface area contributed by atoms with Gasteiger partial charge in [-0.1, -0.05) is 13.0 Å². The maximum absolute atomic E-state index is 11.3. The van der Waals surface area contributed by atoms with E-state index in [0.717, 1.165) is 6.42 Å². The molecule has 1 N–H and O–H groups in total. The number of nitro benzene ring substituents is 1. The number of benzene rings is 1. The summed E-state index contributed by atoms with van der Waals surface area (Å²) in [5.41, 5.74) is 0.457. The molecule has 6 nitrogen and oxygen atoms in total. The van der Waals surface area contributed by atoms with Gasteiger partial charge in [0.15, 0.2) is 5.75 Å². The zero-order chi connectivity index (χ0) is 14.3.